The van der Waals surface area contributed by atoms with Crippen LogP contribution in [0.4, 0.5) is 0 Å². The molecule has 3 atom stereocenters. The van der Waals surface area contributed by atoms with Crippen LogP contribution in [0.2, 0.25) is 5.02 Å². The molecule has 0 saturated carbocycles. The van der Waals surface area contributed by atoms with Gasteiger partial charge in [0.25, 0.3) is 5.91 Å². The number of rotatable bonds is 3. The van der Waals surface area contributed by atoms with E-state index in [0.717, 1.165) is 5.56 Å². The lowest BCUT2D eigenvalue weighted by molar-refractivity contribution is -0.129. The van der Waals surface area contributed by atoms with E-state index in [9.17, 15) is 9.70 Å². The summed E-state index contributed by atoms with van der Waals surface area (Å²) < 4.78 is 0. The van der Waals surface area contributed by atoms with Gasteiger partial charge in [0.2, 0.25) is 12.0 Å². The van der Waals surface area contributed by atoms with Gasteiger partial charge in [-0.1, -0.05) is 23.7 Å². The van der Waals surface area contributed by atoms with E-state index >= 15 is 0 Å². The quantitative estimate of drug-likeness (QED) is 0.860. The van der Waals surface area contributed by atoms with Crippen molar-refractivity contribution < 1.29 is 4.79 Å². The first-order valence-corrected chi connectivity index (χ1v) is 7.65. The summed E-state index contributed by atoms with van der Waals surface area (Å²) >= 11 is 5.89. The number of nitrogens with zero attached hydrogens (tertiary/aromatic N) is 4. The predicted octanol–water partition coefficient (Wildman–Crippen LogP) is 2.24. The van der Waals surface area contributed by atoms with E-state index in [1.807, 2.05) is 26.0 Å². The monoisotopic (exact) mass is 333 g/mol. The molecule has 1 fully saturated rings. The van der Waals surface area contributed by atoms with Crippen LogP contribution in [-0.2, 0) is 11.3 Å². The second kappa shape index (κ2) is 5.73. The molecule has 1 saturated heterocycles. The second-order valence-corrected chi connectivity index (χ2v) is 6.16. The minimum absolute atomic E-state index is 0.0973. The smallest absolute Gasteiger partial charge is 0.265 e. The Kier molecular flexibility index (Phi) is 3.89. The first-order valence-electron chi connectivity index (χ1n) is 7.27. The molecule has 120 valence electrons. The number of guanidine groups is 1. The molecule has 3 rings (SSSR count). The highest BCUT2D eigenvalue weighted by Crippen LogP contribution is 2.27. The number of hydrogen-bond acceptors (Lipinski definition) is 5. The van der Waals surface area contributed by atoms with E-state index in [1.165, 1.54) is 4.90 Å². The van der Waals surface area contributed by atoms with Crippen molar-refractivity contribution in [2.45, 2.75) is 38.5 Å². The number of carbonyl (C=O) groups excluding carboxylic acids is 1. The molecular formula is C15H16ClN5O2. The number of carbonyl (C=O) groups is 1. The molecule has 3 unspecified atom stereocenters. The summed E-state index contributed by atoms with van der Waals surface area (Å²) in [6.07, 6.45) is 0. The molecule has 1 aromatic carbocycles. The van der Waals surface area contributed by atoms with Crippen LogP contribution < -0.4 is 0 Å². The van der Waals surface area contributed by atoms with Gasteiger partial charge in [-0.05, 0) is 36.7 Å². The molecule has 0 radical (unpaired) electrons. The topological polar surface area (TPSA) is 89.2 Å². The van der Waals surface area contributed by atoms with Crippen LogP contribution in [0.3, 0.4) is 0 Å². The van der Waals surface area contributed by atoms with Gasteiger partial charge in [0.1, 0.15) is 5.84 Å². The number of fused-ring (bicyclic) bond motifs is 1. The van der Waals surface area contributed by atoms with Gasteiger partial charge < -0.3 is 0 Å². The van der Waals surface area contributed by atoms with Gasteiger partial charge in [0, 0.05) is 5.02 Å². The number of nitroso groups, excluding NO2 is 1. The van der Waals surface area contributed by atoms with Gasteiger partial charge in [0.15, 0.2) is 0 Å². The van der Waals surface area contributed by atoms with Crippen LogP contribution in [0.5, 0.6) is 0 Å². The van der Waals surface area contributed by atoms with Crippen LogP contribution in [0, 0.1) is 10.3 Å². The predicted molar refractivity (Wildman–Crippen MR) is 87.5 cm³/mol. The Bertz CT molecular complexity index is 702. The van der Waals surface area contributed by atoms with Crippen molar-refractivity contribution in [1.29, 1.82) is 5.41 Å². The minimum Gasteiger partial charge on any atom is -0.294 e. The summed E-state index contributed by atoms with van der Waals surface area (Å²) in [5.41, 5.74) is 0.896. The van der Waals surface area contributed by atoms with Crippen molar-refractivity contribution in [2.75, 3.05) is 0 Å². The number of benzene rings is 1. The third-order valence-corrected chi connectivity index (χ3v) is 4.51. The summed E-state index contributed by atoms with van der Waals surface area (Å²) in [5.74, 6) is -0.209. The lowest BCUT2D eigenvalue weighted by Crippen LogP contribution is -2.62. The summed E-state index contributed by atoms with van der Waals surface area (Å²) in [6.45, 7) is 4.09. The van der Waals surface area contributed by atoms with E-state index in [4.69, 9.17) is 17.0 Å². The molecular weight excluding hydrogens is 318 g/mol. The van der Waals surface area contributed by atoms with Crippen molar-refractivity contribution in [3.63, 3.8) is 0 Å². The fourth-order valence-electron chi connectivity index (χ4n) is 2.78. The maximum absolute atomic E-state index is 12.4. The highest BCUT2D eigenvalue weighted by Gasteiger charge is 2.48. The summed E-state index contributed by atoms with van der Waals surface area (Å²) in [5, 5.41) is 11.7. The first-order chi connectivity index (χ1) is 10.9. The SMILES string of the molecule is CC1N=C2N(Cc3ccc(Cl)cc3)C(=N)C(N=O)C(=O)N2C1C. The Morgan fingerprint density at radius 1 is 1.30 bits per heavy atom. The van der Waals surface area contributed by atoms with Crippen LogP contribution in [0.25, 0.3) is 0 Å². The zero-order valence-electron chi connectivity index (χ0n) is 12.7. The normalized spacial score (nSPS) is 27.1. The maximum atomic E-state index is 12.4. The molecule has 8 heteroatoms. The lowest BCUT2D eigenvalue weighted by Gasteiger charge is -2.38. The number of halogens is 1. The highest BCUT2D eigenvalue weighted by molar-refractivity contribution is 6.30. The van der Waals surface area contributed by atoms with Crippen LogP contribution in [-0.4, -0.2) is 45.6 Å². The molecule has 0 aliphatic carbocycles. The highest BCUT2D eigenvalue weighted by atomic mass is 35.5. The molecule has 1 N–H and O–H groups in total. The Labute approximate surface area is 138 Å². The van der Waals surface area contributed by atoms with Crippen molar-refractivity contribution in [3.8, 4) is 0 Å². The third-order valence-electron chi connectivity index (χ3n) is 4.26. The standard InChI is InChI=1S/C15H16ClN5O2/c1-8-9(2)21-14(22)12(19-23)13(17)20(15(21)18-8)7-10-3-5-11(16)6-4-10/h3-6,8-9,12,17H,7H2,1-2H3. The van der Waals surface area contributed by atoms with Crippen LogP contribution in [0.15, 0.2) is 34.4 Å². The zero-order chi connectivity index (χ0) is 16.7. The zero-order valence-corrected chi connectivity index (χ0v) is 13.5. The van der Waals surface area contributed by atoms with Crippen molar-refractivity contribution >= 4 is 29.3 Å². The van der Waals surface area contributed by atoms with Gasteiger partial charge in [0.05, 0.1) is 18.6 Å². The Balaban J connectivity index is 1.97. The minimum atomic E-state index is -1.32. The maximum Gasteiger partial charge on any atom is 0.265 e. The van der Waals surface area contributed by atoms with Gasteiger partial charge >= 0.3 is 0 Å². The molecule has 1 amide bonds. The van der Waals surface area contributed by atoms with Crippen LogP contribution >= 0.6 is 11.6 Å². The molecule has 2 aliphatic rings. The van der Waals surface area contributed by atoms with Crippen molar-refractivity contribution in [1.82, 2.24) is 9.80 Å². The molecule has 1 aromatic rings. The first kappa shape index (κ1) is 15.6. The van der Waals surface area contributed by atoms with E-state index in [-0.39, 0.29) is 17.9 Å². The number of amides is 1. The number of nitrogens with one attached hydrogen (secondary N) is 1. The summed E-state index contributed by atoms with van der Waals surface area (Å²) in [7, 11) is 0. The number of aliphatic imine (C=N–C) groups is 1. The Morgan fingerprint density at radius 2 is 1.96 bits per heavy atom. The van der Waals surface area contributed by atoms with Crippen LogP contribution in [0.1, 0.15) is 19.4 Å². The Hall–Kier alpha value is -2.28. The van der Waals surface area contributed by atoms with Gasteiger partial charge in [-0.25, -0.2) is 4.99 Å². The molecule has 7 nitrogen and oxygen atoms in total. The van der Waals surface area contributed by atoms with E-state index < -0.39 is 11.9 Å². The average Bonchev–Trinajstić information content (AvgIpc) is 2.82. The van der Waals surface area contributed by atoms with E-state index in [0.29, 0.717) is 17.5 Å². The van der Waals surface area contributed by atoms with E-state index in [2.05, 4.69) is 10.2 Å². The van der Waals surface area contributed by atoms with Gasteiger partial charge in [-0.3, -0.25) is 20.0 Å². The number of hydrogen-bond donors (Lipinski definition) is 1. The molecule has 0 bridgehead atoms. The second-order valence-electron chi connectivity index (χ2n) is 5.72. The lowest BCUT2D eigenvalue weighted by atomic mass is 10.1. The van der Waals surface area contributed by atoms with Gasteiger partial charge in [-0.15, -0.1) is 4.91 Å². The third kappa shape index (κ3) is 2.50. The van der Waals surface area contributed by atoms with Crippen molar-refractivity contribution in [3.05, 3.63) is 39.8 Å². The molecule has 2 aliphatic heterocycles. The number of amidine groups is 1. The van der Waals surface area contributed by atoms with Gasteiger partial charge in [-0.2, -0.15) is 0 Å². The molecule has 0 spiro atoms. The molecule has 23 heavy (non-hydrogen) atoms. The Morgan fingerprint density at radius 3 is 2.57 bits per heavy atom. The summed E-state index contributed by atoms with van der Waals surface area (Å²) in [4.78, 5) is 31.0. The van der Waals surface area contributed by atoms with Crippen molar-refractivity contribution in [2.24, 2.45) is 10.2 Å². The molecule has 2 heterocycles. The molecule has 0 aromatic heterocycles. The fraction of sp³-hybridized carbons (Fsp3) is 0.400. The summed E-state index contributed by atoms with van der Waals surface area (Å²) in [6, 6.07) is 5.59. The van der Waals surface area contributed by atoms with E-state index in [1.54, 1.807) is 17.0 Å². The largest absolute Gasteiger partial charge is 0.294 e. The fourth-order valence-corrected chi connectivity index (χ4v) is 2.90. The average molecular weight is 334 g/mol.